The van der Waals surface area contributed by atoms with Crippen molar-refractivity contribution in [1.29, 1.82) is 0 Å². The molecule has 15 heavy (non-hydrogen) atoms. The average Bonchev–Trinajstić information content (AvgIpc) is 2.69. The highest BCUT2D eigenvalue weighted by Gasteiger charge is 2.36. The molecule has 0 saturated carbocycles. The molecule has 0 aliphatic carbocycles. The number of hydrogen-bond acceptors (Lipinski definition) is 6. The zero-order valence-electron chi connectivity index (χ0n) is 7.79. The van der Waals surface area contributed by atoms with Gasteiger partial charge in [-0.15, -0.1) is 11.3 Å². The smallest absolute Gasteiger partial charge is 0.268 e. The van der Waals surface area contributed by atoms with Crippen LogP contribution in [0.4, 0.5) is 0 Å². The summed E-state index contributed by atoms with van der Waals surface area (Å²) in [5.74, 6) is 0. The fourth-order valence-electron chi connectivity index (χ4n) is 1.56. The van der Waals surface area contributed by atoms with E-state index in [1.807, 2.05) is 0 Å². The van der Waals surface area contributed by atoms with Crippen molar-refractivity contribution in [2.75, 3.05) is 6.54 Å². The Labute approximate surface area is 90.0 Å². The van der Waals surface area contributed by atoms with Gasteiger partial charge < -0.3 is 5.73 Å². The minimum Gasteiger partial charge on any atom is -0.310 e. The molecule has 2 heterocycles. The van der Waals surface area contributed by atoms with E-state index in [1.54, 1.807) is 17.7 Å². The van der Waals surface area contributed by atoms with Gasteiger partial charge in [0.2, 0.25) is 0 Å². The summed E-state index contributed by atoms with van der Waals surface area (Å²) in [6.45, 7) is 0.542. The molecule has 0 aromatic carbocycles. The van der Waals surface area contributed by atoms with Crippen LogP contribution in [0, 0.1) is 10.1 Å². The fraction of sp³-hybridized carbons (Fsp3) is 0.375. The van der Waals surface area contributed by atoms with Gasteiger partial charge in [-0.3, -0.25) is 15.4 Å². The molecular weight excluding hydrogens is 216 g/mol. The predicted octanol–water partition coefficient (Wildman–Crippen LogP) is 0.0598. The first-order valence-corrected chi connectivity index (χ1v) is 5.30. The van der Waals surface area contributed by atoms with Crippen LogP contribution in [0.25, 0.3) is 5.57 Å². The summed E-state index contributed by atoms with van der Waals surface area (Å²) in [7, 11) is 0. The summed E-state index contributed by atoms with van der Waals surface area (Å²) >= 11 is 1.39. The van der Waals surface area contributed by atoms with E-state index in [0.717, 1.165) is 0 Å². The van der Waals surface area contributed by atoms with Crippen molar-refractivity contribution in [2.45, 2.75) is 12.2 Å². The average molecular weight is 226 g/mol. The van der Waals surface area contributed by atoms with Crippen molar-refractivity contribution in [3.63, 3.8) is 0 Å². The fourth-order valence-corrected chi connectivity index (χ4v) is 2.27. The molecule has 1 aromatic rings. The zero-order chi connectivity index (χ0) is 10.8. The van der Waals surface area contributed by atoms with Gasteiger partial charge in [0.25, 0.3) is 6.04 Å². The molecule has 1 aromatic heterocycles. The zero-order valence-corrected chi connectivity index (χ0v) is 8.61. The van der Waals surface area contributed by atoms with Gasteiger partial charge in [-0.05, 0) is 0 Å². The Morgan fingerprint density at radius 3 is 3.13 bits per heavy atom. The maximum Gasteiger partial charge on any atom is 0.268 e. The Bertz CT molecular complexity index is 389. The van der Waals surface area contributed by atoms with Crippen LogP contribution in [0.15, 0.2) is 17.7 Å². The lowest BCUT2D eigenvalue weighted by atomic mass is 10.0. The largest absolute Gasteiger partial charge is 0.310 e. The standard InChI is InChI=1S/C8H10N4O2S/c9-7-6(12(13)14)5(1-2-10-7)8-11-3-4-15-8/h1,3-4,6-7,10H,2,9H2. The molecule has 6 nitrogen and oxygen atoms in total. The van der Waals surface area contributed by atoms with Gasteiger partial charge in [0.1, 0.15) is 11.2 Å². The first kappa shape index (κ1) is 10.2. The molecule has 3 N–H and O–H groups in total. The lowest BCUT2D eigenvalue weighted by Gasteiger charge is -2.23. The molecule has 80 valence electrons. The number of nitro groups is 1. The van der Waals surface area contributed by atoms with Crippen LogP contribution < -0.4 is 11.1 Å². The van der Waals surface area contributed by atoms with Crippen molar-refractivity contribution >= 4 is 16.9 Å². The van der Waals surface area contributed by atoms with E-state index in [-0.39, 0.29) is 4.92 Å². The van der Waals surface area contributed by atoms with Crippen LogP contribution in [-0.2, 0) is 0 Å². The number of aromatic nitrogens is 1. The van der Waals surface area contributed by atoms with Crippen molar-refractivity contribution < 1.29 is 4.92 Å². The molecular formula is C8H10N4O2S. The van der Waals surface area contributed by atoms with Crippen LogP contribution in [0.1, 0.15) is 5.01 Å². The second-order valence-corrected chi connectivity index (χ2v) is 4.06. The number of thiazole rings is 1. The number of nitrogens with two attached hydrogens (primary N) is 1. The third-order valence-electron chi connectivity index (χ3n) is 2.24. The van der Waals surface area contributed by atoms with Crippen LogP contribution in [0.2, 0.25) is 0 Å². The quantitative estimate of drug-likeness (QED) is 0.549. The Morgan fingerprint density at radius 2 is 2.53 bits per heavy atom. The molecule has 0 fully saturated rings. The van der Waals surface area contributed by atoms with Crippen LogP contribution in [-0.4, -0.2) is 28.7 Å². The van der Waals surface area contributed by atoms with Gasteiger partial charge in [-0.2, -0.15) is 0 Å². The minimum atomic E-state index is -0.912. The molecule has 0 amide bonds. The normalized spacial score (nSPS) is 26.1. The molecule has 0 spiro atoms. The predicted molar refractivity (Wildman–Crippen MR) is 56.9 cm³/mol. The van der Waals surface area contributed by atoms with Crippen molar-refractivity contribution in [3.8, 4) is 0 Å². The molecule has 2 atom stereocenters. The van der Waals surface area contributed by atoms with Crippen LogP contribution >= 0.6 is 11.3 Å². The Kier molecular flexibility index (Phi) is 2.76. The van der Waals surface area contributed by atoms with Crippen molar-refractivity contribution in [3.05, 3.63) is 32.8 Å². The van der Waals surface area contributed by atoms with Gasteiger partial charge in [0.15, 0.2) is 0 Å². The third-order valence-corrected chi connectivity index (χ3v) is 3.06. The van der Waals surface area contributed by atoms with Gasteiger partial charge in [0.05, 0.1) is 5.57 Å². The van der Waals surface area contributed by atoms with Crippen LogP contribution in [0.3, 0.4) is 0 Å². The summed E-state index contributed by atoms with van der Waals surface area (Å²) < 4.78 is 0. The second kappa shape index (κ2) is 4.05. The van der Waals surface area contributed by atoms with Gasteiger partial charge in [-0.25, -0.2) is 4.98 Å². The topological polar surface area (TPSA) is 94.1 Å². The third kappa shape index (κ3) is 1.89. The van der Waals surface area contributed by atoms with E-state index in [9.17, 15) is 10.1 Å². The number of rotatable bonds is 2. The van der Waals surface area contributed by atoms with E-state index >= 15 is 0 Å². The summed E-state index contributed by atoms with van der Waals surface area (Å²) in [6.07, 6.45) is 2.75. The first-order chi connectivity index (χ1) is 7.20. The Morgan fingerprint density at radius 1 is 1.73 bits per heavy atom. The van der Waals surface area contributed by atoms with Gasteiger partial charge >= 0.3 is 0 Å². The molecule has 0 bridgehead atoms. The molecule has 0 radical (unpaired) electrons. The van der Waals surface area contributed by atoms with Gasteiger partial charge in [-0.1, -0.05) is 6.08 Å². The summed E-state index contributed by atoms with van der Waals surface area (Å²) in [6, 6.07) is -0.912. The number of nitrogens with one attached hydrogen (secondary N) is 1. The Balaban J connectivity index is 2.36. The number of hydrogen-bond donors (Lipinski definition) is 2. The highest BCUT2D eigenvalue weighted by Crippen LogP contribution is 2.25. The maximum absolute atomic E-state index is 10.9. The molecule has 1 aliphatic rings. The highest BCUT2D eigenvalue weighted by molar-refractivity contribution is 7.10. The summed E-state index contributed by atoms with van der Waals surface area (Å²) in [5.41, 5.74) is 6.27. The lowest BCUT2D eigenvalue weighted by molar-refractivity contribution is -0.510. The summed E-state index contributed by atoms with van der Waals surface area (Å²) in [5, 5.41) is 16.2. The first-order valence-electron chi connectivity index (χ1n) is 4.42. The van der Waals surface area contributed by atoms with Crippen molar-refractivity contribution in [2.24, 2.45) is 5.73 Å². The molecule has 0 saturated heterocycles. The monoisotopic (exact) mass is 226 g/mol. The van der Waals surface area contributed by atoms with E-state index in [0.29, 0.717) is 17.1 Å². The van der Waals surface area contributed by atoms with E-state index in [1.165, 1.54) is 11.3 Å². The van der Waals surface area contributed by atoms with Crippen molar-refractivity contribution in [1.82, 2.24) is 10.3 Å². The van der Waals surface area contributed by atoms with E-state index in [2.05, 4.69) is 10.3 Å². The lowest BCUT2D eigenvalue weighted by Crippen LogP contribution is -2.53. The van der Waals surface area contributed by atoms with Gasteiger partial charge in [0, 0.05) is 23.0 Å². The molecule has 7 heteroatoms. The summed E-state index contributed by atoms with van der Waals surface area (Å²) in [4.78, 5) is 14.6. The highest BCUT2D eigenvalue weighted by atomic mass is 32.1. The van der Waals surface area contributed by atoms with Crippen LogP contribution in [0.5, 0.6) is 0 Å². The maximum atomic E-state index is 10.9. The Hall–Kier alpha value is -1.31. The molecule has 2 rings (SSSR count). The molecule has 1 aliphatic heterocycles. The second-order valence-electron chi connectivity index (χ2n) is 3.16. The number of nitrogens with zero attached hydrogens (tertiary/aromatic N) is 2. The van der Waals surface area contributed by atoms with E-state index in [4.69, 9.17) is 5.73 Å². The SMILES string of the molecule is NC1NCC=C(c2nccs2)C1[N+](=O)[O-]. The molecule has 2 unspecified atom stereocenters. The minimum absolute atomic E-state index is 0.371. The van der Waals surface area contributed by atoms with E-state index < -0.39 is 12.2 Å².